The molecule has 1 atom stereocenters. The van der Waals surface area contributed by atoms with E-state index in [4.69, 9.17) is 4.74 Å². The fraction of sp³-hybridized carbons (Fsp3) is 0.217. The zero-order valence-electron chi connectivity index (χ0n) is 17.8. The first-order valence-corrected chi connectivity index (χ1v) is 11.1. The number of hydrogen-bond acceptors (Lipinski definition) is 6. The summed E-state index contributed by atoms with van der Waals surface area (Å²) in [7, 11) is 1.54. The van der Waals surface area contributed by atoms with Gasteiger partial charge >= 0.3 is 0 Å². The number of halogens is 1. The van der Waals surface area contributed by atoms with Gasteiger partial charge in [-0.2, -0.15) is 0 Å². The molecule has 1 N–H and O–H groups in total. The molecule has 0 saturated heterocycles. The van der Waals surface area contributed by atoms with Gasteiger partial charge in [-0.15, -0.1) is 16.4 Å². The summed E-state index contributed by atoms with van der Waals surface area (Å²) in [5.74, 6) is -1.20. The number of methoxy groups -OCH3 is 1. The molecule has 0 aliphatic heterocycles. The van der Waals surface area contributed by atoms with Crippen LogP contribution in [0.25, 0.3) is 11.0 Å². The van der Waals surface area contributed by atoms with Crippen LogP contribution in [-0.4, -0.2) is 47.1 Å². The molecule has 2 amide bonds. The average Bonchev–Trinajstić information content (AvgIpc) is 3.49. The summed E-state index contributed by atoms with van der Waals surface area (Å²) in [5, 5.41) is 12.8. The van der Waals surface area contributed by atoms with Gasteiger partial charge in [0.2, 0.25) is 11.8 Å². The van der Waals surface area contributed by atoms with Gasteiger partial charge in [-0.05, 0) is 47.8 Å². The zero-order chi connectivity index (χ0) is 23.2. The third kappa shape index (κ3) is 5.07. The van der Waals surface area contributed by atoms with Crippen LogP contribution in [0, 0.1) is 5.82 Å². The van der Waals surface area contributed by atoms with E-state index in [1.165, 1.54) is 45.2 Å². The molecule has 2 aromatic heterocycles. The molecule has 0 spiro atoms. The van der Waals surface area contributed by atoms with E-state index in [0.717, 1.165) is 0 Å². The van der Waals surface area contributed by atoms with Gasteiger partial charge in [0.1, 0.15) is 23.9 Å². The Bertz CT molecular complexity index is 1230. The molecule has 8 nitrogen and oxygen atoms in total. The van der Waals surface area contributed by atoms with E-state index >= 15 is 0 Å². The highest BCUT2D eigenvalue weighted by Crippen LogP contribution is 2.31. The number of nitrogens with zero attached hydrogens (tertiary/aromatic N) is 4. The fourth-order valence-electron chi connectivity index (χ4n) is 3.47. The summed E-state index contributed by atoms with van der Waals surface area (Å²) in [5.41, 5.74) is 1.75. The molecule has 0 saturated carbocycles. The Morgan fingerprint density at radius 1 is 1.15 bits per heavy atom. The van der Waals surface area contributed by atoms with Gasteiger partial charge < -0.3 is 10.1 Å². The minimum Gasteiger partial charge on any atom is -0.383 e. The van der Waals surface area contributed by atoms with Gasteiger partial charge in [-0.1, -0.05) is 23.4 Å². The van der Waals surface area contributed by atoms with Crippen molar-refractivity contribution in [1.29, 1.82) is 0 Å². The summed E-state index contributed by atoms with van der Waals surface area (Å²) in [6.45, 7) is 0.472. The van der Waals surface area contributed by atoms with Gasteiger partial charge in [-0.25, -0.2) is 9.07 Å². The van der Waals surface area contributed by atoms with Crippen molar-refractivity contribution in [2.75, 3.05) is 25.2 Å². The van der Waals surface area contributed by atoms with Gasteiger partial charge in [0, 0.05) is 24.2 Å². The maximum atomic E-state index is 13.7. The molecule has 2 aromatic carbocycles. The lowest BCUT2D eigenvalue weighted by atomic mass is 10.1. The van der Waals surface area contributed by atoms with E-state index in [9.17, 15) is 14.0 Å². The Balaban J connectivity index is 1.73. The van der Waals surface area contributed by atoms with Crippen LogP contribution in [0.3, 0.4) is 0 Å². The van der Waals surface area contributed by atoms with Gasteiger partial charge in [-0.3, -0.25) is 14.5 Å². The number of carbonyl (C=O) groups is 2. The van der Waals surface area contributed by atoms with Gasteiger partial charge in [0.05, 0.1) is 12.1 Å². The van der Waals surface area contributed by atoms with E-state index in [1.807, 2.05) is 29.6 Å². The van der Waals surface area contributed by atoms with E-state index in [1.54, 1.807) is 19.2 Å². The smallest absolute Gasteiger partial charge is 0.249 e. The molecule has 2 heterocycles. The summed E-state index contributed by atoms with van der Waals surface area (Å²) in [6, 6.07) is 15.4. The van der Waals surface area contributed by atoms with Crippen molar-refractivity contribution in [3.63, 3.8) is 0 Å². The first-order valence-electron chi connectivity index (χ1n) is 10.2. The number of benzene rings is 2. The second-order valence-electron chi connectivity index (χ2n) is 7.18. The number of aromatic nitrogens is 3. The standard InChI is InChI=1S/C23H22FN5O3S/c1-32-13-12-25-23(31)22(20-7-4-14-33-20)29(17-10-8-16(24)9-11-17)21(30)15-28-19-6-3-2-5-18(19)26-27-28/h2-11,14,22H,12-13,15H2,1H3,(H,25,31)/t22-/m1/s1. The maximum absolute atomic E-state index is 13.7. The van der Waals surface area contributed by atoms with Crippen molar-refractivity contribution in [2.24, 2.45) is 0 Å². The third-order valence-electron chi connectivity index (χ3n) is 5.00. The monoisotopic (exact) mass is 467 g/mol. The molecular weight excluding hydrogens is 445 g/mol. The number of thiophene rings is 1. The predicted octanol–water partition coefficient (Wildman–Crippen LogP) is 3.17. The summed E-state index contributed by atoms with van der Waals surface area (Å²) in [4.78, 5) is 29.0. The van der Waals surface area contributed by atoms with Crippen LogP contribution in [-0.2, 0) is 20.9 Å². The minimum absolute atomic E-state index is 0.148. The first kappa shape index (κ1) is 22.6. The Hall–Kier alpha value is -3.63. The number of para-hydroxylation sites is 1. The lowest BCUT2D eigenvalue weighted by Crippen LogP contribution is -2.45. The van der Waals surface area contributed by atoms with Crippen LogP contribution in [0.1, 0.15) is 10.9 Å². The second-order valence-corrected chi connectivity index (χ2v) is 8.16. The molecule has 10 heteroatoms. The number of amides is 2. The molecule has 33 heavy (non-hydrogen) atoms. The zero-order valence-corrected chi connectivity index (χ0v) is 18.7. The molecule has 4 aromatic rings. The van der Waals surface area contributed by atoms with Crippen LogP contribution in [0.4, 0.5) is 10.1 Å². The number of rotatable bonds is 9. The quantitative estimate of drug-likeness (QED) is 0.382. The topological polar surface area (TPSA) is 89.4 Å². The molecule has 0 bridgehead atoms. The summed E-state index contributed by atoms with van der Waals surface area (Å²) >= 11 is 1.36. The molecular formula is C23H22FN5O3S. The SMILES string of the molecule is COCCNC(=O)[C@@H](c1cccs1)N(C(=O)Cn1nnc2ccccc21)c1ccc(F)cc1. The predicted molar refractivity (Wildman–Crippen MR) is 123 cm³/mol. The Morgan fingerprint density at radius 3 is 2.67 bits per heavy atom. The first-order chi connectivity index (χ1) is 16.1. The molecule has 0 fully saturated rings. The number of fused-ring (bicyclic) bond motifs is 1. The molecule has 4 rings (SSSR count). The second kappa shape index (κ2) is 10.3. The lowest BCUT2D eigenvalue weighted by molar-refractivity contribution is -0.127. The Morgan fingerprint density at radius 2 is 1.94 bits per heavy atom. The van der Waals surface area contributed by atoms with Crippen molar-refractivity contribution < 1.29 is 18.7 Å². The third-order valence-corrected chi connectivity index (χ3v) is 5.93. The van der Waals surface area contributed by atoms with Crippen LogP contribution in [0.15, 0.2) is 66.0 Å². The van der Waals surface area contributed by atoms with E-state index in [0.29, 0.717) is 28.2 Å². The summed E-state index contributed by atoms with van der Waals surface area (Å²) in [6.07, 6.45) is 0. The molecule has 0 unspecified atom stereocenters. The molecule has 170 valence electrons. The van der Waals surface area contributed by atoms with Gasteiger partial charge in [0.25, 0.3) is 0 Å². The van der Waals surface area contributed by atoms with Gasteiger partial charge in [0.15, 0.2) is 0 Å². The summed E-state index contributed by atoms with van der Waals surface area (Å²) < 4.78 is 20.2. The number of anilines is 1. The van der Waals surface area contributed by atoms with Crippen LogP contribution < -0.4 is 10.2 Å². The highest BCUT2D eigenvalue weighted by atomic mass is 32.1. The number of hydrogen-bond donors (Lipinski definition) is 1. The number of carbonyl (C=O) groups excluding carboxylic acids is 2. The van der Waals surface area contributed by atoms with Crippen LogP contribution in [0.5, 0.6) is 0 Å². The maximum Gasteiger partial charge on any atom is 0.249 e. The average molecular weight is 468 g/mol. The van der Waals surface area contributed by atoms with Crippen molar-refractivity contribution in [3.05, 3.63) is 76.7 Å². The van der Waals surface area contributed by atoms with Crippen molar-refractivity contribution in [3.8, 4) is 0 Å². The largest absolute Gasteiger partial charge is 0.383 e. The van der Waals surface area contributed by atoms with E-state index < -0.39 is 17.8 Å². The van der Waals surface area contributed by atoms with Crippen LogP contribution in [0.2, 0.25) is 0 Å². The minimum atomic E-state index is -0.949. The van der Waals surface area contributed by atoms with Crippen molar-refractivity contribution in [2.45, 2.75) is 12.6 Å². The molecule has 0 aliphatic rings. The molecule has 0 radical (unpaired) electrons. The van der Waals surface area contributed by atoms with Crippen molar-refractivity contribution >= 4 is 39.9 Å². The Kier molecular flexibility index (Phi) is 7.06. The highest BCUT2D eigenvalue weighted by Gasteiger charge is 2.34. The van der Waals surface area contributed by atoms with Crippen LogP contribution >= 0.6 is 11.3 Å². The fourth-order valence-corrected chi connectivity index (χ4v) is 4.28. The normalized spacial score (nSPS) is 11.9. The van der Waals surface area contributed by atoms with E-state index in [-0.39, 0.29) is 19.0 Å². The number of ether oxygens (including phenoxy) is 1. The number of nitrogens with one attached hydrogen (secondary N) is 1. The molecule has 0 aliphatic carbocycles. The van der Waals surface area contributed by atoms with Crippen molar-refractivity contribution in [1.82, 2.24) is 20.3 Å². The lowest BCUT2D eigenvalue weighted by Gasteiger charge is -2.30. The van der Waals surface area contributed by atoms with E-state index in [2.05, 4.69) is 15.6 Å². The highest BCUT2D eigenvalue weighted by molar-refractivity contribution is 7.10. The Labute approximate surface area is 193 Å².